The van der Waals surface area contributed by atoms with E-state index >= 15 is 0 Å². The molecule has 0 bridgehead atoms. The molecule has 0 aliphatic carbocycles. The van der Waals surface area contributed by atoms with Crippen LogP contribution in [0, 0.1) is 5.82 Å². The molecule has 0 saturated heterocycles. The molecule has 1 amide bonds. The molecule has 0 aliphatic heterocycles. The van der Waals surface area contributed by atoms with E-state index < -0.39 is 0 Å². The van der Waals surface area contributed by atoms with Crippen molar-refractivity contribution in [1.29, 1.82) is 0 Å². The van der Waals surface area contributed by atoms with Crippen molar-refractivity contribution >= 4 is 60.9 Å². The molecule has 3 aromatic rings. The molecule has 0 spiro atoms. The Balaban J connectivity index is 0.00000261. The number of carbonyl (C=O) groups is 1. The van der Waals surface area contributed by atoms with Crippen LogP contribution in [0.15, 0.2) is 46.9 Å². The van der Waals surface area contributed by atoms with Gasteiger partial charge in [0.2, 0.25) is 0 Å². The van der Waals surface area contributed by atoms with Gasteiger partial charge in [0.1, 0.15) is 11.3 Å². The molecule has 4 nitrogen and oxygen atoms in total. The fraction of sp³-hybridized carbons (Fsp3) is 0.263. The number of carbonyl (C=O) groups excluding carboxylic acids is 1. The van der Waals surface area contributed by atoms with Gasteiger partial charge in [-0.1, -0.05) is 29.5 Å². The van der Waals surface area contributed by atoms with Crippen molar-refractivity contribution in [3.63, 3.8) is 0 Å². The quantitative estimate of drug-likeness (QED) is 0.494. The summed E-state index contributed by atoms with van der Waals surface area (Å²) in [7, 11) is 3.99. The third kappa shape index (κ3) is 5.04. The molecule has 27 heavy (non-hydrogen) atoms. The van der Waals surface area contributed by atoms with Gasteiger partial charge in [-0.15, -0.1) is 12.4 Å². The van der Waals surface area contributed by atoms with E-state index in [0.29, 0.717) is 22.8 Å². The molecule has 0 N–H and O–H groups in total. The van der Waals surface area contributed by atoms with Crippen molar-refractivity contribution in [1.82, 2.24) is 9.88 Å². The van der Waals surface area contributed by atoms with Crippen LogP contribution in [0.1, 0.15) is 16.8 Å². The lowest BCUT2D eigenvalue weighted by molar-refractivity contribution is 0.0985. The molecule has 0 atom stereocenters. The van der Waals surface area contributed by atoms with E-state index in [1.807, 2.05) is 38.4 Å². The maximum Gasteiger partial charge on any atom is 0.261 e. The normalized spacial score (nSPS) is 10.9. The van der Waals surface area contributed by atoms with E-state index in [0.717, 1.165) is 22.1 Å². The van der Waals surface area contributed by atoms with Gasteiger partial charge in [-0.2, -0.15) is 0 Å². The highest BCUT2D eigenvalue weighted by Crippen LogP contribution is 2.32. The predicted molar refractivity (Wildman–Crippen MR) is 116 cm³/mol. The van der Waals surface area contributed by atoms with Crippen LogP contribution in [-0.4, -0.2) is 43.0 Å². The molecule has 0 fully saturated rings. The van der Waals surface area contributed by atoms with Crippen molar-refractivity contribution < 1.29 is 9.18 Å². The Morgan fingerprint density at radius 1 is 1.15 bits per heavy atom. The zero-order valence-corrected chi connectivity index (χ0v) is 18.2. The largest absolute Gasteiger partial charge is 0.309 e. The SMILES string of the molecule is CN(C)CCCN(C(=O)c1ccccc1Br)c1nc2c(F)cccc2s1.Cl. The predicted octanol–water partition coefficient (Wildman–Crippen LogP) is 5.22. The van der Waals surface area contributed by atoms with Crippen molar-refractivity contribution in [3.05, 3.63) is 58.3 Å². The Bertz CT molecular complexity index is 934. The van der Waals surface area contributed by atoms with Gasteiger partial charge in [0, 0.05) is 11.0 Å². The van der Waals surface area contributed by atoms with Crippen LogP contribution in [-0.2, 0) is 0 Å². The molecule has 144 valence electrons. The van der Waals surface area contributed by atoms with E-state index in [1.165, 1.54) is 17.4 Å². The fourth-order valence-electron chi connectivity index (χ4n) is 2.63. The van der Waals surface area contributed by atoms with Crippen molar-refractivity contribution in [2.75, 3.05) is 32.1 Å². The Hall–Kier alpha value is -1.54. The summed E-state index contributed by atoms with van der Waals surface area (Å²) in [5, 5.41) is 0.518. The molecule has 0 aliphatic rings. The van der Waals surface area contributed by atoms with E-state index in [2.05, 4.69) is 25.8 Å². The molecular weight excluding hydrogens is 453 g/mol. The van der Waals surface area contributed by atoms with Crippen molar-refractivity contribution in [2.45, 2.75) is 6.42 Å². The first kappa shape index (κ1) is 21.8. The fourth-order valence-corrected chi connectivity index (χ4v) is 4.09. The summed E-state index contributed by atoms with van der Waals surface area (Å²) in [5.74, 6) is -0.512. The third-order valence-corrected chi connectivity index (χ3v) is 5.66. The number of benzene rings is 2. The van der Waals surface area contributed by atoms with E-state index in [9.17, 15) is 9.18 Å². The summed E-state index contributed by atoms with van der Waals surface area (Å²) in [6.45, 7) is 1.36. The molecule has 1 aromatic heterocycles. The third-order valence-electron chi connectivity index (χ3n) is 3.93. The van der Waals surface area contributed by atoms with E-state index in [-0.39, 0.29) is 24.1 Å². The minimum absolute atomic E-state index is 0. The first-order valence-electron chi connectivity index (χ1n) is 8.23. The van der Waals surface area contributed by atoms with Gasteiger partial charge >= 0.3 is 0 Å². The van der Waals surface area contributed by atoms with Crippen LogP contribution in [0.2, 0.25) is 0 Å². The second-order valence-corrected chi connectivity index (χ2v) is 8.04. The van der Waals surface area contributed by atoms with Gasteiger partial charge in [0.15, 0.2) is 5.13 Å². The number of amides is 1. The lowest BCUT2D eigenvalue weighted by Crippen LogP contribution is -2.33. The summed E-state index contributed by atoms with van der Waals surface area (Å²) in [5.41, 5.74) is 0.877. The highest BCUT2D eigenvalue weighted by Gasteiger charge is 2.23. The highest BCUT2D eigenvalue weighted by molar-refractivity contribution is 9.10. The topological polar surface area (TPSA) is 36.4 Å². The van der Waals surface area contributed by atoms with Gasteiger partial charge in [-0.05, 0) is 67.3 Å². The molecule has 8 heteroatoms. The average molecular weight is 473 g/mol. The number of halogens is 3. The number of fused-ring (bicyclic) bond motifs is 1. The summed E-state index contributed by atoms with van der Waals surface area (Å²) in [6.07, 6.45) is 0.793. The summed E-state index contributed by atoms with van der Waals surface area (Å²) in [6, 6.07) is 12.2. The van der Waals surface area contributed by atoms with E-state index in [1.54, 1.807) is 17.0 Å². The van der Waals surface area contributed by atoms with Gasteiger partial charge in [-0.3, -0.25) is 9.69 Å². The summed E-state index contributed by atoms with van der Waals surface area (Å²) >= 11 is 4.78. The van der Waals surface area contributed by atoms with Crippen LogP contribution in [0.3, 0.4) is 0 Å². The monoisotopic (exact) mass is 471 g/mol. The van der Waals surface area contributed by atoms with Crippen LogP contribution < -0.4 is 4.90 Å². The van der Waals surface area contributed by atoms with Crippen LogP contribution in [0.5, 0.6) is 0 Å². The lowest BCUT2D eigenvalue weighted by atomic mass is 10.2. The van der Waals surface area contributed by atoms with E-state index in [4.69, 9.17) is 0 Å². The molecule has 3 rings (SSSR count). The molecule has 0 saturated carbocycles. The maximum atomic E-state index is 14.0. The zero-order chi connectivity index (χ0) is 18.7. The number of para-hydroxylation sites is 1. The number of rotatable bonds is 6. The zero-order valence-electron chi connectivity index (χ0n) is 15.0. The lowest BCUT2D eigenvalue weighted by Gasteiger charge is -2.21. The second-order valence-electron chi connectivity index (χ2n) is 6.18. The molecule has 2 aromatic carbocycles. The molecule has 0 unspecified atom stereocenters. The summed E-state index contributed by atoms with van der Waals surface area (Å²) in [4.78, 5) is 21.3. The number of nitrogens with zero attached hydrogens (tertiary/aromatic N) is 3. The highest BCUT2D eigenvalue weighted by atomic mass is 79.9. The molecule has 1 heterocycles. The number of thiazole rings is 1. The first-order chi connectivity index (χ1) is 12.5. The second kappa shape index (κ2) is 9.59. The van der Waals surface area contributed by atoms with Crippen LogP contribution in [0.4, 0.5) is 9.52 Å². The standard InChI is InChI=1S/C19H19BrFN3OS.ClH/c1-23(2)11-6-12-24(18(25)13-7-3-4-8-14(13)20)19-22-17-15(21)9-5-10-16(17)26-19;/h3-5,7-10H,6,11-12H2,1-2H3;1H. The number of hydrogen-bond acceptors (Lipinski definition) is 4. The number of hydrogen-bond donors (Lipinski definition) is 0. The minimum atomic E-state index is -0.369. The Morgan fingerprint density at radius 2 is 1.89 bits per heavy atom. The van der Waals surface area contributed by atoms with Crippen LogP contribution >= 0.6 is 39.7 Å². The average Bonchev–Trinajstić information content (AvgIpc) is 3.03. The Kier molecular flexibility index (Phi) is 7.73. The Labute approximate surface area is 176 Å². The van der Waals surface area contributed by atoms with Gasteiger partial charge in [0.05, 0.1) is 10.3 Å². The Morgan fingerprint density at radius 3 is 2.56 bits per heavy atom. The maximum absolute atomic E-state index is 14.0. The van der Waals surface area contributed by atoms with Crippen molar-refractivity contribution in [2.24, 2.45) is 0 Å². The smallest absolute Gasteiger partial charge is 0.261 e. The van der Waals surface area contributed by atoms with Crippen LogP contribution in [0.25, 0.3) is 10.2 Å². The first-order valence-corrected chi connectivity index (χ1v) is 9.84. The summed E-state index contributed by atoms with van der Waals surface area (Å²) < 4.78 is 15.5. The van der Waals surface area contributed by atoms with Gasteiger partial charge < -0.3 is 4.90 Å². The van der Waals surface area contributed by atoms with Crippen molar-refractivity contribution in [3.8, 4) is 0 Å². The molecular formula is C19H20BrClFN3OS. The minimum Gasteiger partial charge on any atom is -0.309 e. The van der Waals surface area contributed by atoms with Gasteiger partial charge in [0.25, 0.3) is 5.91 Å². The molecule has 0 radical (unpaired) electrons. The number of aromatic nitrogens is 1. The van der Waals surface area contributed by atoms with Gasteiger partial charge in [-0.25, -0.2) is 9.37 Å². The number of anilines is 1.